The summed E-state index contributed by atoms with van der Waals surface area (Å²) in [6.07, 6.45) is 5.68. The summed E-state index contributed by atoms with van der Waals surface area (Å²) in [7, 11) is -3.05. The van der Waals surface area contributed by atoms with Crippen molar-refractivity contribution in [2.24, 2.45) is 11.8 Å². The number of anilines is 2. The maximum absolute atomic E-state index is 14.3. The van der Waals surface area contributed by atoms with Gasteiger partial charge in [0, 0.05) is 60.8 Å². The number of rotatable bonds is 16. The van der Waals surface area contributed by atoms with Crippen LogP contribution in [-0.2, 0) is 42.7 Å². The van der Waals surface area contributed by atoms with Gasteiger partial charge in [0.05, 0.1) is 60.5 Å². The van der Waals surface area contributed by atoms with Gasteiger partial charge in [0.25, 0.3) is 31.2 Å². The number of hydrogen-bond acceptors (Lipinski definition) is 14. The molecule has 0 aliphatic rings. The molecule has 0 aliphatic carbocycles. The van der Waals surface area contributed by atoms with Crippen LogP contribution in [0.3, 0.4) is 0 Å². The third-order valence-corrected chi connectivity index (χ3v) is 14.9. The Morgan fingerprint density at radius 3 is 1.30 bits per heavy atom. The smallest absolute Gasteiger partial charge is 0.264 e. The van der Waals surface area contributed by atoms with E-state index in [1.165, 1.54) is 86.8 Å². The lowest BCUT2D eigenvalue weighted by molar-refractivity contribution is -0.125. The zero-order valence-electron chi connectivity index (χ0n) is 41.1. The molecular formula is C50H46Cl2F2N10O10S2. The minimum Gasteiger partial charge on any atom is -0.480 e. The Morgan fingerprint density at radius 2 is 0.961 bits per heavy atom. The van der Waals surface area contributed by atoms with Crippen molar-refractivity contribution in [1.82, 2.24) is 39.7 Å². The number of pyridine rings is 2. The van der Waals surface area contributed by atoms with E-state index in [9.17, 15) is 44.8 Å². The van der Waals surface area contributed by atoms with Crippen LogP contribution < -0.4 is 40.7 Å². The van der Waals surface area contributed by atoms with Crippen LogP contribution in [0.4, 0.5) is 20.2 Å². The molecule has 8 rings (SSSR count). The largest absolute Gasteiger partial charge is 0.480 e. The lowest BCUT2D eigenvalue weighted by atomic mass is 10.0. The molecule has 4 N–H and O–H groups in total. The molecule has 396 valence electrons. The monoisotopic (exact) mass is 1120 g/mol. The first-order valence-corrected chi connectivity index (χ1v) is 26.3. The molecule has 0 spiro atoms. The van der Waals surface area contributed by atoms with Gasteiger partial charge in [-0.1, -0.05) is 49.2 Å². The lowest BCUT2D eigenvalue weighted by Gasteiger charge is -2.14. The van der Waals surface area contributed by atoms with Gasteiger partial charge in [0.2, 0.25) is 23.6 Å². The number of carbonyl (C=O) groups is 2. The van der Waals surface area contributed by atoms with E-state index in [4.69, 9.17) is 32.7 Å². The minimum absolute atomic E-state index is 0.0394. The summed E-state index contributed by atoms with van der Waals surface area (Å²) in [5.74, 6) is -3.43. The lowest BCUT2D eigenvalue weighted by Crippen LogP contribution is -2.32. The standard InChI is InChI=1S/2C25H23ClFN5O5S/c2*1-14(23(33)28-2)12-32-13-30-20-6-4-15(8-18(20)25(32)34)16-9-21(24(37-3)29-11-16)31-38(35,36)22-7-5-17(26)10-19(22)27/h2*4-11,13-14,31H,12H2,1-3H3,(H,28,33)/t2*14-/m10/s1. The number of halogens is 4. The summed E-state index contributed by atoms with van der Waals surface area (Å²) in [6.45, 7) is 3.69. The van der Waals surface area contributed by atoms with Crippen LogP contribution in [0.1, 0.15) is 13.8 Å². The number of amides is 2. The Morgan fingerprint density at radius 1 is 0.579 bits per heavy atom. The first-order chi connectivity index (χ1) is 36.1. The van der Waals surface area contributed by atoms with Gasteiger partial charge in [0.1, 0.15) is 32.8 Å². The molecule has 2 amide bonds. The van der Waals surface area contributed by atoms with Gasteiger partial charge in [-0.05, 0) is 83.9 Å². The van der Waals surface area contributed by atoms with E-state index in [0.717, 1.165) is 24.3 Å². The van der Waals surface area contributed by atoms with E-state index >= 15 is 0 Å². The van der Waals surface area contributed by atoms with Crippen LogP contribution in [0, 0.1) is 23.5 Å². The van der Waals surface area contributed by atoms with Crippen molar-refractivity contribution in [3.05, 3.63) is 152 Å². The zero-order chi connectivity index (χ0) is 55.2. The summed E-state index contributed by atoms with van der Waals surface area (Å²) >= 11 is 11.5. The number of nitrogens with one attached hydrogen (secondary N) is 4. The van der Waals surface area contributed by atoms with Crippen LogP contribution in [0.25, 0.3) is 44.1 Å². The highest BCUT2D eigenvalue weighted by atomic mass is 35.5. The molecule has 26 heteroatoms. The Bertz CT molecular complexity index is 3670. The van der Waals surface area contributed by atoms with E-state index in [-0.39, 0.29) is 69.2 Å². The quantitative estimate of drug-likeness (QED) is 0.0768. The normalized spacial score (nSPS) is 12.2. The van der Waals surface area contributed by atoms with E-state index in [2.05, 4.69) is 40.0 Å². The Labute approximate surface area is 443 Å². The average Bonchev–Trinajstić information content (AvgIpc) is 3.39. The third-order valence-electron chi connectivity index (χ3n) is 11.6. The molecule has 0 saturated carbocycles. The summed E-state index contributed by atoms with van der Waals surface area (Å²) in [5.41, 5.74) is 2.13. The number of nitrogens with zero attached hydrogens (tertiary/aromatic N) is 6. The highest BCUT2D eigenvalue weighted by Gasteiger charge is 2.25. The number of ether oxygens (including phenoxy) is 2. The molecule has 0 bridgehead atoms. The van der Waals surface area contributed by atoms with Crippen molar-refractivity contribution in [3.8, 4) is 34.0 Å². The number of methoxy groups -OCH3 is 2. The highest BCUT2D eigenvalue weighted by Crippen LogP contribution is 2.34. The molecule has 8 aromatic rings. The Hall–Kier alpha value is -8.06. The van der Waals surface area contributed by atoms with E-state index in [1.807, 2.05) is 0 Å². The number of sulfonamides is 2. The number of carbonyl (C=O) groups excluding carboxylic acids is 2. The molecule has 76 heavy (non-hydrogen) atoms. The predicted octanol–water partition coefficient (Wildman–Crippen LogP) is 6.89. The maximum Gasteiger partial charge on any atom is 0.264 e. The second-order valence-electron chi connectivity index (χ2n) is 16.8. The number of fused-ring (bicyclic) bond motifs is 2. The zero-order valence-corrected chi connectivity index (χ0v) is 44.2. The molecule has 0 aliphatic heterocycles. The Kier molecular flexibility index (Phi) is 17.0. The fourth-order valence-electron chi connectivity index (χ4n) is 7.66. The van der Waals surface area contributed by atoms with Crippen LogP contribution >= 0.6 is 23.2 Å². The van der Waals surface area contributed by atoms with Crippen molar-refractivity contribution in [2.75, 3.05) is 37.8 Å². The van der Waals surface area contributed by atoms with Gasteiger partial charge in [0.15, 0.2) is 0 Å². The summed E-state index contributed by atoms with van der Waals surface area (Å²) < 4.78 is 98.0. The number of hydrogen-bond donors (Lipinski definition) is 4. The number of benzene rings is 4. The molecule has 2 atom stereocenters. The maximum atomic E-state index is 14.3. The van der Waals surface area contributed by atoms with Gasteiger partial charge in [-0.15, -0.1) is 0 Å². The van der Waals surface area contributed by atoms with Crippen molar-refractivity contribution in [3.63, 3.8) is 0 Å². The van der Waals surface area contributed by atoms with Crippen LogP contribution in [0.2, 0.25) is 10.0 Å². The van der Waals surface area contributed by atoms with Gasteiger partial charge in [-0.3, -0.25) is 37.8 Å². The highest BCUT2D eigenvalue weighted by molar-refractivity contribution is 7.93. The third kappa shape index (κ3) is 12.4. The van der Waals surface area contributed by atoms with Crippen LogP contribution in [0.5, 0.6) is 11.8 Å². The molecule has 0 radical (unpaired) electrons. The van der Waals surface area contributed by atoms with Gasteiger partial charge in [-0.25, -0.2) is 45.6 Å². The molecule has 20 nitrogen and oxygen atoms in total. The molecule has 0 saturated heterocycles. The van der Waals surface area contributed by atoms with Crippen molar-refractivity contribution < 1.29 is 44.7 Å². The molecule has 4 heterocycles. The van der Waals surface area contributed by atoms with Crippen molar-refractivity contribution >= 4 is 88.2 Å². The SMILES string of the molecule is CNC(=O)[C@@H](C)Cn1cnc2ccc(-c3cnc(OC)c(NS(=O)(=O)c4ccc(Cl)cc4F)c3)cc2c1=O.CNC(=O)[C@H](C)Cn1cnc2ccc(-c3cnc(OC)c(NS(=O)(=O)c4ccc(Cl)cc4F)c3)cc2c1=O. The summed E-state index contributed by atoms with van der Waals surface area (Å²) in [4.78, 5) is 65.9. The first kappa shape index (κ1) is 55.7. The predicted molar refractivity (Wildman–Crippen MR) is 282 cm³/mol. The second kappa shape index (κ2) is 23.2. The fraction of sp³-hybridized carbons (Fsp3) is 0.200. The van der Waals surface area contributed by atoms with E-state index < -0.39 is 53.3 Å². The van der Waals surface area contributed by atoms with Gasteiger partial charge >= 0.3 is 0 Å². The first-order valence-electron chi connectivity index (χ1n) is 22.5. The fourth-order valence-corrected chi connectivity index (χ4v) is 10.2. The van der Waals surface area contributed by atoms with Gasteiger partial charge < -0.3 is 20.1 Å². The number of aromatic nitrogens is 6. The van der Waals surface area contributed by atoms with E-state index in [0.29, 0.717) is 44.1 Å². The molecule has 0 fully saturated rings. The molecule has 4 aromatic carbocycles. The average molecular weight is 1120 g/mol. The topological polar surface area (TPSA) is 265 Å². The summed E-state index contributed by atoms with van der Waals surface area (Å²) in [5, 5.41) is 5.81. The molecule has 4 aromatic heterocycles. The van der Waals surface area contributed by atoms with Crippen molar-refractivity contribution in [2.45, 2.75) is 36.7 Å². The Balaban J connectivity index is 0.000000221. The van der Waals surface area contributed by atoms with Crippen LogP contribution in [-0.4, -0.2) is 86.0 Å². The van der Waals surface area contributed by atoms with E-state index in [1.54, 1.807) is 50.2 Å². The molecule has 0 unspecified atom stereocenters. The molecular weight excluding hydrogens is 1070 g/mol. The van der Waals surface area contributed by atoms with Gasteiger partial charge in [-0.2, -0.15) is 0 Å². The minimum atomic E-state index is -4.36. The van der Waals surface area contributed by atoms with Crippen LogP contribution in [0.15, 0.2) is 129 Å². The summed E-state index contributed by atoms with van der Waals surface area (Å²) in [6, 6.07) is 19.2. The van der Waals surface area contributed by atoms with Crippen molar-refractivity contribution in [1.29, 1.82) is 0 Å². The second-order valence-corrected chi connectivity index (χ2v) is 21.0.